The van der Waals surface area contributed by atoms with Crippen LogP contribution >= 0.6 is 0 Å². The van der Waals surface area contributed by atoms with Crippen LogP contribution in [-0.4, -0.2) is 23.1 Å². The van der Waals surface area contributed by atoms with Crippen LogP contribution in [0, 0.1) is 13.8 Å². The van der Waals surface area contributed by atoms with Gasteiger partial charge in [-0.05, 0) is 31.4 Å². The molecule has 110 valence electrons. The summed E-state index contributed by atoms with van der Waals surface area (Å²) in [5.41, 5.74) is 3.25. The Bertz CT molecular complexity index is 486. The summed E-state index contributed by atoms with van der Waals surface area (Å²) < 4.78 is 0. The van der Waals surface area contributed by atoms with E-state index in [0.717, 1.165) is 16.7 Å². The van der Waals surface area contributed by atoms with Crippen LogP contribution in [0.25, 0.3) is 0 Å². The fourth-order valence-corrected chi connectivity index (χ4v) is 1.92. The predicted molar refractivity (Wildman–Crippen MR) is 77.6 cm³/mol. The van der Waals surface area contributed by atoms with Gasteiger partial charge in [-0.15, -0.1) is 0 Å². The van der Waals surface area contributed by atoms with Gasteiger partial charge in [-0.25, -0.2) is 9.59 Å². The molecule has 0 saturated carbocycles. The number of rotatable bonds is 6. The Morgan fingerprint density at radius 2 is 2.00 bits per heavy atom. The first-order valence-corrected chi connectivity index (χ1v) is 6.77. The summed E-state index contributed by atoms with van der Waals surface area (Å²) in [6.07, 6.45) is 1.13. The molecule has 0 aliphatic rings. The molecule has 1 unspecified atom stereocenters. The van der Waals surface area contributed by atoms with Gasteiger partial charge in [0.15, 0.2) is 0 Å². The lowest BCUT2D eigenvalue weighted by molar-refractivity contribution is -0.139. The highest BCUT2D eigenvalue weighted by atomic mass is 16.4. The second-order valence-corrected chi connectivity index (χ2v) is 4.94. The van der Waals surface area contributed by atoms with E-state index in [0.29, 0.717) is 19.4 Å². The number of hydrogen-bond acceptors (Lipinski definition) is 2. The van der Waals surface area contributed by atoms with E-state index < -0.39 is 18.0 Å². The van der Waals surface area contributed by atoms with Crippen molar-refractivity contribution in [3.8, 4) is 0 Å². The predicted octanol–water partition coefficient (Wildman–Crippen LogP) is 2.36. The molecule has 0 heterocycles. The minimum atomic E-state index is -1.01. The number of amides is 2. The highest BCUT2D eigenvalue weighted by Gasteiger charge is 2.18. The Morgan fingerprint density at radius 3 is 2.60 bits per heavy atom. The summed E-state index contributed by atoms with van der Waals surface area (Å²) in [5.74, 6) is -1.01. The van der Waals surface area contributed by atoms with Gasteiger partial charge >= 0.3 is 12.0 Å². The highest BCUT2D eigenvalue weighted by molar-refractivity contribution is 5.82. The molecule has 0 bridgehead atoms. The quantitative estimate of drug-likeness (QED) is 0.747. The molecule has 0 radical (unpaired) electrons. The Balaban J connectivity index is 2.54. The zero-order valence-corrected chi connectivity index (χ0v) is 12.2. The third-order valence-corrected chi connectivity index (χ3v) is 3.12. The Labute approximate surface area is 119 Å². The van der Waals surface area contributed by atoms with Crippen LogP contribution in [0.1, 0.15) is 36.5 Å². The molecular weight excluding hydrogens is 256 g/mol. The van der Waals surface area contributed by atoms with Gasteiger partial charge in [-0.3, -0.25) is 0 Å². The summed E-state index contributed by atoms with van der Waals surface area (Å²) in [6, 6.07) is 4.74. The molecule has 0 aliphatic heterocycles. The number of carbonyl (C=O) groups excluding carboxylic acids is 1. The average molecular weight is 278 g/mol. The summed E-state index contributed by atoms with van der Waals surface area (Å²) in [5, 5.41) is 14.1. The van der Waals surface area contributed by atoms with Crippen molar-refractivity contribution in [1.29, 1.82) is 0 Å². The normalized spacial score (nSPS) is 11.8. The van der Waals surface area contributed by atoms with Gasteiger partial charge in [0.25, 0.3) is 0 Å². The summed E-state index contributed by atoms with van der Waals surface area (Å²) >= 11 is 0. The monoisotopic (exact) mass is 278 g/mol. The molecule has 1 aromatic rings. The number of hydrogen-bond donors (Lipinski definition) is 3. The van der Waals surface area contributed by atoms with Crippen LogP contribution in [0.2, 0.25) is 0 Å². The first-order chi connectivity index (χ1) is 9.43. The number of carbonyl (C=O) groups is 2. The average Bonchev–Trinajstić information content (AvgIpc) is 2.39. The summed E-state index contributed by atoms with van der Waals surface area (Å²) in [7, 11) is 0. The molecule has 0 aromatic heterocycles. The fourth-order valence-electron chi connectivity index (χ4n) is 1.92. The molecule has 3 N–H and O–H groups in total. The van der Waals surface area contributed by atoms with Crippen molar-refractivity contribution in [3.05, 3.63) is 34.9 Å². The van der Waals surface area contributed by atoms with Crippen LogP contribution < -0.4 is 10.6 Å². The molecule has 0 aliphatic carbocycles. The first kappa shape index (κ1) is 16.0. The Kier molecular flexibility index (Phi) is 6.03. The molecular formula is C15H22N2O3. The van der Waals surface area contributed by atoms with Crippen molar-refractivity contribution in [2.45, 2.75) is 46.2 Å². The topological polar surface area (TPSA) is 78.4 Å². The van der Waals surface area contributed by atoms with E-state index in [1.54, 1.807) is 0 Å². The second kappa shape index (κ2) is 7.53. The lowest BCUT2D eigenvalue weighted by atomic mass is 10.1. The number of aryl methyl sites for hydroxylation is 2. The molecule has 1 atom stereocenters. The van der Waals surface area contributed by atoms with E-state index in [9.17, 15) is 9.59 Å². The zero-order chi connectivity index (χ0) is 15.1. The summed E-state index contributed by atoms with van der Waals surface area (Å²) in [4.78, 5) is 22.7. The van der Waals surface area contributed by atoms with E-state index in [1.807, 2.05) is 39.0 Å². The van der Waals surface area contributed by atoms with E-state index >= 15 is 0 Å². The lowest BCUT2D eigenvalue weighted by Crippen LogP contribution is -2.45. The van der Waals surface area contributed by atoms with Gasteiger partial charge in [0.05, 0.1) is 0 Å². The molecule has 5 heteroatoms. The standard InChI is InChI=1S/C15H22N2O3/c1-4-5-13(14(18)19)17-15(20)16-9-12-8-10(2)6-7-11(12)3/h6-8,13H,4-5,9H2,1-3H3,(H,18,19)(H2,16,17,20). The molecule has 0 fully saturated rings. The fraction of sp³-hybridized carbons (Fsp3) is 0.467. The number of carboxylic acids is 1. The number of nitrogens with one attached hydrogen (secondary N) is 2. The molecule has 5 nitrogen and oxygen atoms in total. The van der Waals surface area contributed by atoms with Crippen molar-refractivity contribution in [3.63, 3.8) is 0 Å². The Hall–Kier alpha value is -2.04. The maximum atomic E-state index is 11.7. The van der Waals surface area contributed by atoms with E-state index in [2.05, 4.69) is 10.6 Å². The van der Waals surface area contributed by atoms with Gasteiger partial charge < -0.3 is 15.7 Å². The van der Waals surface area contributed by atoms with E-state index in [-0.39, 0.29) is 0 Å². The van der Waals surface area contributed by atoms with Crippen LogP contribution in [0.15, 0.2) is 18.2 Å². The van der Waals surface area contributed by atoms with Crippen molar-refractivity contribution < 1.29 is 14.7 Å². The molecule has 0 spiro atoms. The third kappa shape index (κ3) is 4.91. The maximum absolute atomic E-state index is 11.7. The van der Waals surface area contributed by atoms with Crippen LogP contribution in [-0.2, 0) is 11.3 Å². The van der Waals surface area contributed by atoms with Crippen LogP contribution in [0.4, 0.5) is 4.79 Å². The number of aliphatic carboxylic acids is 1. The highest BCUT2D eigenvalue weighted by Crippen LogP contribution is 2.10. The van der Waals surface area contributed by atoms with Crippen molar-refractivity contribution in [2.75, 3.05) is 0 Å². The van der Waals surface area contributed by atoms with Gasteiger partial charge in [0.2, 0.25) is 0 Å². The molecule has 2 amide bonds. The van der Waals surface area contributed by atoms with Gasteiger partial charge in [-0.1, -0.05) is 37.1 Å². The maximum Gasteiger partial charge on any atom is 0.326 e. The minimum Gasteiger partial charge on any atom is -0.480 e. The number of urea groups is 1. The number of carboxylic acid groups (broad SMARTS) is 1. The van der Waals surface area contributed by atoms with Gasteiger partial charge in [0, 0.05) is 6.54 Å². The van der Waals surface area contributed by atoms with Crippen LogP contribution in [0.3, 0.4) is 0 Å². The van der Waals surface area contributed by atoms with Crippen molar-refractivity contribution >= 4 is 12.0 Å². The minimum absolute atomic E-state index is 0.387. The lowest BCUT2D eigenvalue weighted by Gasteiger charge is -2.15. The van der Waals surface area contributed by atoms with Crippen molar-refractivity contribution in [1.82, 2.24) is 10.6 Å². The molecule has 20 heavy (non-hydrogen) atoms. The summed E-state index contributed by atoms with van der Waals surface area (Å²) in [6.45, 7) is 6.24. The SMILES string of the molecule is CCCC(NC(=O)NCc1cc(C)ccc1C)C(=O)O. The molecule has 1 aromatic carbocycles. The molecule has 0 saturated heterocycles. The Morgan fingerprint density at radius 1 is 1.30 bits per heavy atom. The number of benzene rings is 1. The van der Waals surface area contributed by atoms with Crippen molar-refractivity contribution in [2.24, 2.45) is 0 Å². The van der Waals surface area contributed by atoms with Gasteiger partial charge in [0.1, 0.15) is 6.04 Å². The largest absolute Gasteiger partial charge is 0.480 e. The zero-order valence-electron chi connectivity index (χ0n) is 12.2. The smallest absolute Gasteiger partial charge is 0.326 e. The van der Waals surface area contributed by atoms with E-state index in [4.69, 9.17) is 5.11 Å². The third-order valence-electron chi connectivity index (χ3n) is 3.12. The van der Waals surface area contributed by atoms with Gasteiger partial charge in [-0.2, -0.15) is 0 Å². The second-order valence-electron chi connectivity index (χ2n) is 4.94. The van der Waals surface area contributed by atoms with Crippen LogP contribution in [0.5, 0.6) is 0 Å². The first-order valence-electron chi connectivity index (χ1n) is 6.77. The van der Waals surface area contributed by atoms with E-state index in [1.165, 1.54) is 0 Å². The molecule has 1 rings (SSSR count).